The van der Waals surface area contributed by atoms with Crippen LogP contribution in [0.3, 0.4) is 0 Å². The molecular formula is C14H10Br2N2O3. The maximum absolute atomic E-state index is 11.7. The van der Waals surface area contributed by atoms with E-state index in [0.29, 0.717) is 16.0 Å². The average Bonchev–Trinajstić information content (AvgIpc) is 2.89. The SMILES string of the molecule is O=C(/C=C/c1ccc(Br)o1)NNC(=O)c1ccc(Br)cc1. The molecule has 1 aromatic heterocycles. The first kappa shape index (κ1) is 15.5. The Morgan fingerprint density at radius 3 is 2.33 bits per heavy atom. The molecule has 1 aromatic carbocycles. The van der Waals surface area contributed by atoms with Gasteiger partial charge in [-0.2, -0.15) is 0 Å². The van der Waals surface area contributed by atoms with E-state index in [1.165, 1.54) is 12.2 Å². The second-order valence-electron chi connectivity index (χ2n) is 3.93. The smallest absolute Gasteiger partial charge is 0.269 e. The Hall–Kier alpha value is -1.86. The van der Waals surface area contributed by atoms with Gasteiger partial charge >= 0.3 is 0 Å². The van der Waals surface area contributed by atoms with Gasteiger partial charge in [0.1, 0.15) is 5.76 Å². The van der Waals surface area contributed by atoms with Crippen LogP contribution in [0.15, 0.2) is 56.0 Å². The molecule has 2 aromatic rings. The first-order valence-electron chi connectivity index (χ1n) is 5.84. The van der Waals surface area contributed by atoms with E-state index in [1.54, 1.807) is 36.4 Å². The van der Waals surface area contributed by atoms with Crippen molar-refractivity contribution in [2.75, 3.05) is 0 Å². The highest BCUT2D eigenvalue weighted by molar-refractivity contribution is 9.10. The molecule has 0 unspecified atom stereocenters. The van der Waals surface area contributed by atoms with E-state index in [9.17, 15) is 9.59 Å². The number of carbonyl (C=O) groups excluding carboxylic acids is 2. The molecule has 0 aliphatic carbocycles. The monoisotopic (exact) mass is 412 g/mol. The van der Waals surface area contributed by atoms with Crippen LogP contribution in [0.2, 0.25) is 0 Å². The molecule has 2 N–H and O–H groups in total. The van der Waals surface area contributed by atoms with Crippen molar-refractivity contribution in [3.8, 4) is 0 Å². The Balaban J connectivity index is 1.85. The first-order chi connectivity index (χ1) is 10.0. The van der Waals surface area contributed by atoms with Gasteiger partial charge in [0.25, 0.3) is 11.8 Å². The lowest BCUT2D eigenvalue weighted by Crippen LogP contribution is -2.40. The third-order valence-corrected chi connectivity index (χ3v) is 3.35. The van der Waals surface area contributed by atoms with Crippen molar-refractivity contribution in [1.29, 1.82) is 0 Å². The standard InChI is InChI=1S/C14H10Br2N2O3/c15-10-3-1-9(2-4-10)14(20)18-17-13(19)8-6-11-5-7-12(16)21-11/h1-8H,(H,17,19)(H,18,20)/b8-6+. The summed E-state index contributed by atoms with van der Waals surface area (Å²) in [5.41, 5.74) is 5.04. The molecule has 2 rings (SSSR count). The molecule has 7 heteroatoms. The summed E-state index contributed by atoms with van der Waals surface area (Å²) in [6.07, 6.45) is 2.75. The van der Waals surface area contributed by atoms with Gasteiger partial charge in [0, 0.05) is 16.1 Å². The lowest BCUT2D eigenvalue weighted by atomic mass is 10.2. The number of amides is 2. The van der Waals surface area contributed by atoms with E-state index in [1.807, 2.05) is 0 Å². The first-order valence-corrected chi connectivity index (χ1v) is 7.42. The van der Waals surface area contributed by atoms with E-state index in [2.05, 4.69) is 42.7 Å². The number of nitrogens with one attached hydrogen (secondary N) is 2. The molecule has 0 aliphatic rings. The Morgan fingerprint density at radius 1 is 1.00 bits per heavy atom. The van der Waals surface area contributed by atoms with Gasteiger partial charge in [-0.3, -0.25) is 20.4 Å². The average molecular weight is 414 g/mol. The maximum Gasteiger partial charge on any atom is 0.269 e. The molecular weight excluding hydrogens is 404 g/mol. The van der Waals surface area contributed by atoms with Crippen molar-refractivity contribution in [3.63, 3.8) is 0 Å². The molecule has 0 atom stereocenters. The second-order valence-corrected chi connectivity index (χ2v) is 5.62. The molecule has 1 heterocycles. The molecule has 0 fully saturated rings. The van der Waals surface area contributed by atoms with Gasteiger partial charge in [-0.15, -0.1) is 0 Å². The van der Waals surface area contributed by atoms with Crippen LogP contribution >= 0.6 is 31.9 Å². The number of furan rings is 1. The Bertz CT molecular complexity index is 678. The van der Waals surface area contributed by atoms with Gasteiger partial charge in [-0.05, 0) is 58.4 Å². The van der Waals surface area contributed by atoms with E-state index in [-0.39, 0.29) is 0 Å². The number of benzene rings is 1. The Labute approximate surface area is 137 Å². The third kappa shape index (κ3) is 4.87. The quantitative estimate of drug-likeness (QED) is 0.599. The van der Waals surface area contributed by atoms with Crippen LogP contribution in [0.25, 0.3) is 6.08 Å². The predicted octanol–water partition coefficient (Wildman–Crippen LogP) is 3.28. The molecule has 0 spiro atoms. The minimum atomic E-state index is -0.465. The van der Waals surface area contributed by atoms with Gasteiger partial charge in [-0.1, -0.05) is 15.9 Å². The summed E-state index contributed by atoms with van der Waals surface area (Å²) in [4.78, 5) is 23.3. The Morgan fingerprint density at radius 2 is 1.71 bits per heavy atom. The number of hydrogen-bond acceptors (Lipinski definition) is 3. The van der Waals surface area contributed by atoms with E-state index < -0.39 is 11.8 Å². The Kier molecular flexibility index (Phi) is 5.35. The van der Waals surface area contributed by atoms with Gasteiger partial charge in [0.15, 0.2) is 4.67 Å². The van der Waals surface area contributed by atoms with Gasteiger partial charge < -0.3 is 4.42 Å². The minimum Gasteiger partial charge on any atom is -0.450 e. The highest BCUT2D eigenvalue weighted by atomic mass is 79.9. The fourth-order valence-corrected chi connectivity index (χ4v) is 1.99. The number of rotatable bonds is 3. The van der Waals surface area contributed by atoms with E-state index in [4.69, 9.17) is 4.42 Å². The molecule has 0 saturated heterocycles. The summed E-state index contributed by atoms with van der Waals surface area (Å²) in [7, 11) is 0. The topological polar surface area (TPSA) is 71.3 Å². The summed E-state index contributed by atoms with van der Waals surface area (Å²) in [5.74, 6) is -0.339. The minimum absolute atomic E-state index is 0.398. The number of halogens is 2. The number of hydrazine groups is 1. The van der Waals surface area contributed by atoms with Crippen molar-refractivity contribution < 1.29 is 14.0 Å². The second kappa shape index (κ2) is 7.24. The zero-order valence-electron chi connectivity index (χ0n) is 10.6. The van der Waals surface area contributed by atoms with Crippen LogP contribution in [-0.2, 0) is 4.79 Å². The fourth-order valence-electron chi connectivity index (χ4n) is 1.41. The molecule has 21 heavy (non-hydrogen) atoms. The van der Waals surface area contributed by atoms with Crippen LogP contribution in [0, 0.1) is 0 Å². The number of carbonyl (C=O) groups is 2. The van der Waals surface area contributed by atoms with Crippen molar-refractivity contribution in [1.82, 2.24) is 10.9 Å². The molecule has 0 radical (unpaired) electrons. The van der Waals surface area contributed by atoms with E-state index in [0.717, 1.165) is 4.47 Å². The van der Waals surface area contributed by atoms with E-state index >= 15 is 0 Å². The van der Waals surface area contributed by atoms with Gasteiger partial charge in [-0.25, -0.2) is 0 Å². The van der Waals surface area contributed by atoms with Crippen LogP contribution in [0.4, 0.5) is 0 Å². The maximum atomic E-state index is 11.7. The van der Waals surface area contributed by atoms with Crippen molar-refractivity contribution in [3.05, 3.63) is 62.9 Å². The van der Waals surface area contributed by atoms with Crippen LogP contribution in [0.1, 0.15) is 16.1 Å². The molecule has 2 amide bonds. The van der Waals surface area contributed by atoms with Crippen LogP contribution < -0.4 is 10.9 Å². The van der Waals surface area contributed by atoms with Gasteiger partial charge in [0.2, 0.25) is 0 Å². The summed E-state index contributed by atoms with van der Waals surface area (Å²) >= 11 is 6.44. The zero-order chi connectivity index (χ0) is 15.2. The molecule has 0 aliphatic heterocycles. The van der Waals surface area contributed by atoms with Gasteiger partial charge in [0.05, 0.1) is 0 Å². The lowest BCUT2D eigenvalue weighted by molar-refractivity contribution is -0.117. The number of hydrogen-bond donors (Lipinski definition) is 2. The largest absolute Gasteiger partial charge is 0.450 e. The van der Waals surface area contributed by atoms with Crippen molar-refractivity contribution in [2.45, 2.75) is 0 Å². The summed E-state index contributed by atoms with van der Waals surface area (Å²) in [6, 6.07) is 10.2. The van der Waals surface area contributed by atoms with Crippen LogP contribution in [0.5, 0.6) is 0 Å². The fraction of sp³-hybridized carbons (Fsp3) is 0. The zero-order valence-corrected chi connectivity index (χ0v) is 13.8. The van der Waals surface area contributed by atoms with Crippen molar-refractivity contribution >= 4 is 49.8 Å². The van der Waals surface area contributed by atoms with Crippen molar-refractivity contribution in [2.24, 2.45) is 0 Å². The highest BCUT2D eigenvalue weighted by Gasteiger charge is 2.05. The lowest BCUT2D eigenvalue weighted by Gasteiger charge is -2.05. The molecule has 108 valence electrons. The normalized spacial score (nSPS) is 10.6. The highest BCUT2D eigenvalue weighted by Crippen LogP contribution is 2.14. The summed E-state index contributed by atoms with van der Waals surface area (Å²) in [5, 5.41) is 0. The predicted molar refractivity (Wildman–Crippen MR) is 85.2 cm³/mol. The third-order valence-electron chi connectivity index (χ3n) is 2.40. The van der Waals surface area contributed by atoms with Crippen LogP contribution in [-0.4, -0.2) is 11.8 Å². The summed E-state index contributed by atoms with van der Waals surface area (Å²) in [6.45, 7) is 0. The molecule has 5 nitrogen and oxygen atoms in total. The molecule has 0 saturated carbocycles. The summed E-state index contributed by atoms with van der Waals surface area (Å²) < 4.78 is 6.64. The molecule has 0 bridgehead atoms.